The number of thiophene rings is 1. The third-order valence-electron chi connectivity index (χ3n) is 9.39. The molecule has 0 unspecified atom stereocenters. The summed E-state index contributed by atoms with van der Waals surface area (Å²) in [5.74, 6) is 0. The third-order valence-corrected chi connectivity index (χ3v) is 10.5. The molecule has 0 N–H and O–H groups in total. The van der Waals surface area contributed by atoms with Crippen LogP contribution in [0.3, 0.4) is 0 Å². The van der Waals surface area contributed by atoms with E-state index in [1.54, 1.807) is 0 Å². The molecule has 4 heterocycles. The van der Waals surface area contributed by atoms with Crippen LogP contribution in [0.15, 0.2) is 146 Å². The summed E-state index contributed by atoms with van der Waals surface area (Å²) in [6, 6.07) is 49.6. The van der Waals surface area contributed by atoms with Crippen LogP contribution in [0.5, 0.6) is 0 Å². The molecule has 0 radical (unpaired) electrons. The van der Waals surface area contributed by atoms with Crippen molar-refractivity contribution in [2.45, 2.75) is 0 Å². The monoisotopic (exact) mass is 616 g/mol. The van der Waals surface area contributed by atoms with Gasteiger partial charge in [0.1, 0.15) is 0 Å². The number of rotatable bonds is 3. The second kappa shape index (κ2) is 9.89. The van der Waals surface area contributed by atoms with Gasteiger partial charge in [-0.05, 0) is 77.9 Å². The SMILES string of the molecule is N#Cc1cc(-c2cccc(-n3c4cnccc4c4cc5c(cc43)sc3ccccc35)c2)cc(-n2c3ccccc3c3ccccc32)c1. The predicted molar refractivity (Wildman–Crippen MR) is 196 cm³/mol. The van der Waals surface area contributed by atoms with Gasteiger partial charge in [-0.2, -0.15) is 5.26 Å². The Balaban J connectivity index is 1.20. The Kier molecular flexibility index (Phi) is 5.48. The molecule has 0 aliphatic rings. The van der Waals surface area contributed by atoms with E-state index in [1.165, 1.54) is 41.7 Å². The zero-order valence-corrected chi connectivity index (χ0v) is 25.9. The highest BCUT2D eigenvalue weighted by Crippen LogP contribution is 2.41. The lowest BCUT2D eigenvalue weighted by molar-refractivity contribution is 1.16. The van der Waals surface area contributed by atoms with E-state index in [-0.39, 0.29) is 0 Å². The summed E-state index contributed by atoms with van der Waals surface area (Å²) < 4.78 is 7.16. The third kappa shape index (κ3) is 3.83. The van der Waals surface area contributed by atoms with Gasteiger partial charge in [-0.25, -0.2) is 0 Å². The van der Waals surface area contributed by atoms with E-state index < -0.39 is 0 Å². The second-order valence-electron chi connectivity index (χ2n) is 12.0. The summed E-state index contributed by atoms with van der Waals surface area (Å²) in [5.41, 5.74) is 9.14. The first-order valence-corrected chi connectivity index (χ1v) is 16.4. The van der Waals surface area contributed by atoms with E-state index in [0.717, 1.165) is 44.6 Å². The minimum Gasteiger partial charge on any atom is -0.309 e. The molecule has 0 saturated heterocycles. The van der Waals surface area contributed by atoms with Gasteiger partial charge < -0.3 is 9.13 Å². The van der Waals surface area contributed by atoms with Crippen LogP contribution in [0.1, 0.15) is 5.56 Å². The van der Waals surface area contributed by atoms with E-state index in [1.807, 2.05) is 35.9 Å². The highest BCUT2D eigenvalue weighted by molar-refractivity contribution is 7.25. The largest absolute Gasteiger partial charge is 0.309 e. The zero-order chi connectivity index (χ0) is 31.1. The molecule has 0 amide bonds. The standard InChI is InChI=1S/C42H24N4S/c43-24-26-18-28(21-30(19-26)46-37-13-4-1-10-31(37)32-11-2-5-14-38(32)46)27-8-7-9-29(20-27)45-39-23-42-36(34-12-3-6-15-41(34)47-42)22-35(39)33-16-17-44-25-40(33)45/h1-23,25H. The summed E-state index contributed by atoms with van der Waals surface area (Å²) in [5, 5.41) is 17.5. The van der Waals surface area contributed by atoms with Gasteiger partial charge in [0.15, 0.2) is 0 Å². The molecule has 10 aromatic rings. The molecular weight excluding hydrogens is 593 g/mol. The van der Waals surface area contributed by atoms with Crippen molar-refractivity contribution < 1.29 is 0 Å². The number of nitriles is 1. The van der Waals surface area contributed by atoms with Gasteiger partial charge in [-0.15, -0.1) is 11.3 Å². The van der Waals surface area contributed by atoms with Crippen LogP contribution in [0.2, 0.25) is 0 Å². The van der Waals surface area contributed by atoms with Gasteiger partial charge in [0.2, 0.25) is 0 Å². The van der Waals surface area contributed by atoms with E-state index in [9.17, 15) is 5.26 Å². The molecule has 0 atom stereocenters. The number of nitrogens with zero attached hydrogens (tertiary/aromatic N) is 4. The van der Waals surface area contributed by atoms with Gasteiger partial charge in [0.05, 0.1) is 39.9 Å². The predicted octanol–water partition coefficient (Wildman–Crippen LogP) is 11.2. The van der Waals surface area contributed by atoms with Gasteiger partial charge >= 0.3 is 0 Å². The quantitative estimate of drug-likeness (QED) is 0.198. The fraction of sp³-hybridized carbons (Fsp3) is 0. The van der Waals surface area contributed by atoms with E-state index in [4.69, 9.17) is 0 Å². The number of pyridine rings is 1. The highest BCUT2D eigenvalue weighted by atomic mass is 32.1. The summed E-state index contributed by atoms with van der Waals surface area (Å²) >= 11 is 1.83. The number of hydrogen-bond acceptors (Lipinski definition) is 3. The van der Waals surface area contributed by atoms with E-state index in [0.29, 0.717) is 5.56 Å². The van der Waals surface area contributed by atoms with Crippen LogP contribution in [0.25, 0.3) is 86.3 Å². The molecule has 0 bridgehead atoms. The van der Waals surface area contributed by atoms with Gasteiger partial charge in [0.25, 0.3) is 0 Å². The number of hydrogen-bond donors (Lipinski definition) is 0. The van der Waals surface area contributed by atoms with Gasteiger partial charge in [-0.1, -0.05) is 66.7 Å². The molecule has 4 aromatic heterocycles. The lowest BCUT2D eigenvalue weighted by atomic mass is 10.0. The van der Waals surface area contributed by atoms with Crippen molar-refractivity contribution in [1.82, 2.24) is 14.1 Å². The fourth-order valence-corrected chi connectivity index (χ4v) is 8.48. The van der Waals surface area contributed by atoms with Crippen molar-refractivity contribution in [3.8, 4) is 28.6 Å². The number of para-hydroxylation sites is 2. The summed E-state index contributed by atoms with van der Waals surface area (Å²) in [7, 11) is 0. The second-order valence-corrected chi connectivity index (χ2v) is 13.1. The number of fused-ring (bicyclic) bond motifs is 9. The maximum absolute atomic E-state index is 10.2. The Labute approximate surface area is 273 Å². The number of benzene rings is 6. The molecule has 6 aromatic carbocycles. The lowest BCUT2D eigenvalue weighted by Crippen LogP contribution is -1.97. The smallest absolute Gasteiger partial charge is 0.0992 e. The topological polar surface area (TPSA) is 46.5 Å². The lowest BCUT2D eigenvalue weighted by Gasteiger charge is -2.13. The van der Waals surface area contributed by atoms with Crippen LogP contribution in [-0.2, 0) is 0 Å². The Morgan fingerprint density at radius 1 is 0.489 bits per heavy atom. The normalized spacial score (nSPS) is 11.8. The molecule has 218 valence electrons. The van der Waals surface area contributed by atoms with Crippen molar-refractivity contribution >= 4 is 75.1 Å². The molecule has 4 nitrogen and oxygen atoms in total. The van der Waals surface area contributed by atoms with Crippen molar-refractivity contribution in [3.05, 3.63) is 151 Å². The molecular formula is C42H24N4S. The molecule has 47 heavy (non-hydrogen) atoms. The van der Waals surface area contributed by atoms with Crippen molar-refractivity contribution in [1.29, 1.82) is 5.26 Å². The van der Waals surface area contributed by atoms with E-state index >= 15 is 0 Å². The summed E-state index contributed by atoms with van der Waals surface area (Å²) in [6.45, 7) is 0. The minimum absolute atomic E-state index is 0.623. The minimum atomic E-state index is 0.623. The van der Waals surface area contributed by atoms with Crippen LogP contribution < -0.4 is 0 Å². The first-order valence-electron chi connectivity index (χ1n) is 15.6. The van der Waals surface area contributed by atoms with Crippen LogP contribution >= 0.6 is 11.3 Å². The molecule has 0 saturated carbocycles. The van der Waals surface area contributed by atoms with Gasteiger partial charge in [-0.3, -0.25) is 4.98 Å². The van der Waals surface area contributed by atoms with E-state index in [2.05, 4.69) is 142 Å². The number of aromatic nitrogens is 3. The van der Waals surface area contributed by atoms with Crippen molar-refractivity contribution in [2.75, 3.05) is 0 Å². The maximum atomic E-state index is 10.2. The Hall–Kier alpha value is -6.22. The van der Waals surface area contributed by atoms with Crippen LogP contribution in [-0.4, -0.2) is 14.1 Å². The molecule has 0 aliphatic carbocycles. The maximum Gasteiger partial charge on any atom is 0.0992 e. The Morgan fingerprint density at radius 3 is 2.00 bits per heavy atom. The highest BCUT2D eigenvalue weighted by Gasteiger charge is 2.17. The molecule has 0 spiro atoms. The van der Waals surface area contributed by atoms with Crippen molar-refractivity contribution in [3.63, 3.8) is 0 Å². The first-order chi connectivity index (χ1) is 23.2. The summed E-state index contributed by atoms with van der Waals surface area (Å²) in [6.07, 6.45) is 3.84. The summed E-state index contributed by atoms with van der Waals surface area (Å²) in [4.78, 5) is 4.54. The first kappa shape index (κ1) is 26.0. The zero-order valence-electron chi connectivity index (χ0n) is 25.1. The molecule has 0 aliphatic heterocycles. The fourth-order valence-electron chi connectivity index (χ4n) is 7.36. The molecule has 5 heteroatoms. The molecule has 10 rings (SSSR count). The van der Waals surface area contributed by atoms with Gasteiger partial charge in [0, 0.05) is 59.3 Å². The Bertz CT molecular complexity index is 2880. The van der Waals surface area contributed by atoms with Crippen molar-refractivity contribution in [2.24, 2.45) is 0 Å². The van der Waals surface area contributed by atoms with Crippen LogP contribution in [0.4, 0.5) is 0 Å². The average Bonchev–Trinajstić information content (AvgIpc) is 3.77. The average molecular weight is 617 g/mol. The Morgan fingerprint density at radius 2 is 1.19 bits per heavy atom. The molecule has 0 fully saturated rings. The van der Waals surface area contributed by atoms with Crippen LogP contribution in [0, 0.1) is 11.3 Å².